The number of hydrogen-bond acceptors (Lipinski definition) is 3. The van der Waals surface area contributed by atoms with Crippen molar-refractivity contribution < 1.29 is 4.79 Å². The molecule has 0 fully saturated rings. The Morgan fingerprint density at radius 1 is 0.810 bits per heavy atom. The Morgan fingerprint density at radius 3 is 1.95 bits per heavy atom. The number of amides is 1. The maximum Gasteiger partial charge on any atom is 0.267 e. The fourth-order valence-electron chi connectivity index (χ4n) is 2.05. The fourth-order valence-corrected chi connectivity index (χ4v) is 2.05. The fraction of sp³-hybridized carbons (Fsp3) is 0. The van der Waals surface area contributed by atoms with Crippen LogP contribution in [0.5, 0.6) is 0 Å². The number of benzene rings is 2. The first-order valence-electron chi connectivity index (χ1n) is 6.54. The number of nitrogens with two attached hydrogens (primary N) is 1. The molecule has 0 aliphatic carbocycles. The van der Waals surface area contributed by atoms with Gasteiger partial charge in [0, 0.05) is 11.1 Å². The highest BCUT2D eigenvalue weighted by Gasteiger charge is 2.11. The van der Waals surface area contributed by atoms with Crippen molar-refractivity contribution in [1.29, 1.82) is 0 Å². The molecule has 0 atom stereocenters. The topological polar surface area (TPSA) is 68.9 Å². The second kappa shape index (κ2) is 5.54. The summed E-state index contributed by atoms with van der Waals surface area (Å²) in [5, 5.41) is 0. The Bertz CT molecular complexity index is 713. The molecule has 2 aromatic carbocycles. The van der Waals surface area contributed by atoms with E-state index in [9.17, 15) is 4.79 Å². The Labute approximate surface area is 122 Å². The van der Waals surface area contributed by atoms with Crippen LogP contribution < -0.4 is 5.73 Å². The molecule has 4 heteroatoms. The number of nitrogens with zero attached hydrogens (tertiary/aromatic N) is 2. The molecule has 0 radical (unpaired) electrons. The van der Waals surface area contributed by atoms with E-state index in [4.69, 9.17) is 5.73 Å². The predicted molar refractivity (Wildman–Crippen MR) is 81.4 cm³/mol. The van der Waals surface area contributed by atoms with E-state index in [-0.39, 0.29) is 5.69 Å². The third-order valence-electron chi connectivity index (χ3n) is 3.08. The highest BCUT2D eigenvalue weighted by atomic mass is 16.1. The molecule has 0 aliphatic heterocycles. The zero-order valence-electron chi connectivity index (χ0n) is 11.2. The first kappa shape index (κ1) is 13.0. The van der Waals surface area contributed by atoms with Crippen LogP contribution >= 0.6 is 0 Å². The minimum atomic E-state index is -0.563. The van der Waals surface area contributed by atoms with Gasteiger partial charge in [0.05, 0.1) is 5.69 Å². The summed E-state index contributed by atoms with van der Waals surface area (Å²) in [6, 6.07) is 20.8. The Hall–Kier alpha value is -3.01. The van der Waals surface area contributed by atoms with Crippen LogP contribution in [0.1, 0.15) is 10.5 Å². The van der Waals surface area contributed by atoms with Gasteiger partial charge < -0.3 is 5.73 Å². The molecule has 1 aromatic heterocycles. The van der Waals surface area contributed by atoms with Crippen LogP contribution in [0.2, 0.25) is 0 Å². The number of primary amides is 1. The van der Waals surface area contributed by atoms with E-state index in [0.29, 0.717) is 11.5 Å². The molecule has 1 amide bonds. The van der Waals surface area contributed by atoms with Crippen molar-refractivity contribution in [2.75, 3.05) is 0 Å². The molecule has 102 valence electrons. The Kier molecular flexibility index (Phi) is 3.43. The van der Waals surface area contributed by atoms with Gasteiger partial charge in [0.25, 0.3) is 5.91 Å². The zero-order valence-corrected chi connectivity index (χ0v) is 11.2. The van der Waals surface area contributed by atoms with Gasteiger partial charge in [-0.25, -0.2) is 9.97 Å². The standard InChI is InChI=1S/C17H13N3O/c18-16(21)15-11-14(12-7-3-1-4-8-12)19-17(20-15)13-9-5-2-6-10-13/h1-11H,(H2,18,21). The summed E-state index contributed by atoms with van der Waals surface area (Å²) in [5.74, 6) is -0.0717. The minimum Gasteiger partial charge on any atom is -0.364 e. The average molecular weight is 275 g/mol. The van der Waals surface area contributed by atoms with Crippen molar-refractivity contribution in [3.05, 3.63) is 72.4 Å². The lowest BCUT2D eigenvalue weighted by Gasteiger charge is -2.07. The van der Waals surface area contributed by atoms with Gasteiger partial charge in [0.1, 0.15) is 5.69 Å². The summed E-state index contributed by atoms with van der Waals surface area (Å²) in [6.07, 6.45) is 0. The molecular formula is C17H13N3O. The van der Waals surface area contributed by atoms with Crippen LogP contribution in [0.3, 0.4) is 0 Å². The monoisotopic (exact) mass is 275 g/mol. The lowest BCUT2D eigenvalue weighted by atomic mass is 10.1. The number of carbonyl (C=O) groups is 1. The second-order valence-electron chi connectivity index (χ2n) is 4.56. The van der Waals surface area contributed by atoms with Crippen molar-refractivity contribution in [3.63, 3.8) is 0 Å². The zero-order chi connectivity index (χ0) is 14.7. The third-order valence-corrected chi connectivity index (χ3v) is 3.08. The van der Waals surface area contributed by atoms with Crippen LogP contribution in [0.4, 0.5) is 0 Å². The Balaban J connectivity index is 2.18. The molecule has 0 aliphatic rings. The number of aromatic nitrogens is 2. The van der Waals surface area contributed by atoms with Crippen molar-refractivity contribution in [3.8, 4) is 22.6 Å². The van der Waals surface area contributed by atoms with E-state index in [1.807, 2.05) is 60.7 Å². The van der Waals surface area contributed by atoms with Crippen molar-refractivity contribution in [1.82, 2.24) is 9.97 Å². The Morgan fingerprint density at radius 2 is 1.38 bits per heavy atom. The van der Waals surface area contributed by atoms with Crippen LogP contribution in [-0.2, 0) is 0 Å². The highest BCUT2D eigenvalue weighted by Crippen LogP contribution is 2.22. The number of hydrogen-bond donors (Lipinski definition) is 1. The molecule has 0 saturated heterocycles. The van der Waals surface area contributed by atoms with E-state index in [1.165, 1.54) is 0 Å². The predicted octanol–water partition coefficient (Wildman–Crippen LogP) is 2.91. The van der Waals surface area contributed by atoms with Crippen molar-refractivity contribution in [2.24, 2.45) is 5.73 Å². The van der Waals surface area contributed by atoms with Gasteiger partial charge >= 0.3 is 0 Å². The lowest BCUT2D eigenvalue weighted by molar-refractivity contribution is 0.0995. The SMILES string of the molecule is NC(=O)c1cc(-c2ccccc2)nc(-c2ccccc2)n1. The normalized spacial score (nSPS) is 10.3. The summed E-state index contributed by atoms with van der Waals surface area (Å²) >= 11 is 0. The van der Waals surface area contributed by atoms with E-state index >= 15 is 0 Å². The number of rotatable bonds is 3. The van der Waals surface area contributed by atoms with Gasteiger partial charge in [0.15, 0.2) is 5.82 Å². The van der Waals surface area contributed by atoms with Gasteiger partial charge in [-0.1, -0.05) is 60.7 Å². The summed E-state index contributed by atoms with van der Waals surface area (Å²) in [5.41, 5.74) is 8.03. The number of carbonyl (C=O) groups excluding carboxylic acids is 1. The van der Waals surface area contributed by atoms with Gasteiger partial charge in [0.2, 0.25) is 0 Å². The van der Waals surface area contributed by atoms with Crippen LogP contribution in [-0.4, -0.2) is 15.9 Å². The molecular weight excluding hydrogens is 262 g/mol. The molecule has 3 aromatic rings. The minimum absolute atomic E-state index is 0.211. The second-order valence-corrected chi connectivity index (χ2v) is 4.56. The van der Waals surface area contributed by atoms with Gasteiger partial charge in [-0.15, -0.1) is 0 Å². The summed E-state index contributed by atoms with van der Waals surface area (Å²) in [4.78, 5) is 20.3. The highest BCUT2D eigenvalue weighted by molar-refractivity contribution is 5.92. The van der Waals surface area contributed by atoms with Crippen LogP contribution in [0, 0.1) is 0 Å². The summed E-state index contributed by atoms with van der Waals surface area (Å²) in [6.45, 7) is 0. The van der Waals surface area contributed by atoms with Gasteiger partial charge in [-0.05, 0) is 6.07 Å². The molecule has 0 spiro atoms. The van der Waals surface area contributed by atoms with Gasteiger partial charge in [-0.2, -0.15) is 0 Å². The molecule has 0 unspecified atom stereocenters. The van der Waals surface area contributed by atoms with Crippen LogP contribution in [0.25, 0.3) is 22.6 Å². The maximum atomic E-state index is 11.5. The van der Waals surface area contributed by atoms with Crippen molar-refractivity contribution >= 4 is 5.91 Å². The van der Waals surface area contributed by atoms with E-state index in [2.05, 4.69) is 9.97 Å². The molecule has 2 N–H and O–H groups in total. The smallest absolute Gasteiger partial charge is 0.267 e. The quantitative estimate of drug-likeness (QED) is 0.799. The first-order valence-corrected chi connectivity index (χ1v) is 6.54. The maximum absolute atomic E-state index is 11.5. The van der Waals surface area contributed by atoms with Crippen molar-refractivity contribution in [2.45, 2.75) is 0 Å². The largest absolute Gasteiger partial charge is 0.364 e. The molecule has 1 heterocycles. The van der Waals surface area contributed by atoms with Gasteiger partial charge in [-0.3, -0.25) is 4.79 Å². The molecule has 0 saturated carbocycles. The molecule has 4 nitrogen and oxygen atoms in total. The van der Waals surface area contributed by atoms with E-state index < -0.39 is 5.91 Å². The van der Waals surface area contributed by atoms with Crippen LogP contribution in [0.15, 0.2) is 66.7 Å². The van der Waals surface area contributed by atoms with E-state index in [0.717, 1.165) is 11.1 Å². The van der Waals surface area contributed by atoms with E-state index in [1.54, 1.807) is 6.07 Å². The first-order chi connectivity index (χ1) is 10.2. The third kappa shape index (κ3) is 2.79. The molecule has 3 rings (SSSR count). The summed E-state index contributed by atoms with van der Waals surface area (Å²) in [7, 11) is 0. The lowest BCUT2D eigenvalue weighted by Crippen LogP contribution is -2.14. The molecule has 21 heavy (non-hydrogen) atoms. The molecule has 0 bridgehead atoms. The average Bonchev–Trinajstić information content (AvgIpc) is 2.56. The summed E-state index contributed by atoms with van der Waals surface area (Å²) < 4.78 is 0.